The molecule has 0 aromatic carbocycles. The molecule has 0 fully saturated rings. The summed E-state index contributed by atoms with van der Waals surface area (Å²) in [5.74, 6) is 0.174. The Morgan fingerprint density at radius 1 is 1.08 bits per heavy atom. The summed E-state index contributed by atoms with van der Waals surface area (Å²) >= 11 is 1.31. The molecule has 0 unspecified atom stereocenters. The molecule has 0 aliphatic heterocycles. The molecule has 3 aromatic rings. The van der Waals surface area contributed by atoms with Gasteiger partial charge in [0.25, 0.3) is 0 Å². The number of rotatable bonds is 3. The second-order valence-electron chi connectivity index (χ2n) is 4.86. The maximum Gasteiger partial charge on any atom is 0.338 e. The van der Waals surface area contributed by atoms with Gasteiger partial charge in [-0.2, -0.15) is 0 Å². The first-order chi connectivity index (χ1) is 11.7. The summed E-state index contributed by atoms with van der Waals surface area (Å²) in [5.41, 5.74) is 0.990. The molecule has 0 saturated carbocycles. The van der Waals surface area contributed by atoms with Gasteiger partial charge in [-0.1, -0.05) is 24.3 Å². The molecular formula is C17H14N4O2S. The van der Waals surface area contributed by atoms with Crippen LogP contribution in [0.25, 0.3) is 16.4 Å². The van der Waals surface area contributed by atoms with Crippen molar-refractivity contribution in [3.8, 4) is 16.4 Å². The normalized spacial score (nSPS) is 10.2. The first-order valence-electron chi connectivity index (χ1n) is 7.15. The molecule has 0 spiro atoms. The third-order valence-electron chi connectivity index (χ3n) is 3.28. The van der Waals surface area contributed by atoms with Gasteiger partial charge in [0, 0.05) is 18.0 Å². The van der Waals surface area contributed by atoms with Gasteiger partial charge in [-0.05, 0) is 30.5 Å². The number of pyridine rings is 1. The number of hydrogen-bond donors (Lipinski definition) is 1. The van der Waals surface area contributed by atoms with Crippen molar-refractivity contribution in [1.82, 2.24) is 19.7 Å². The van der Waals surface area contributed by atoms with Crippen molar-refractivity contribution < 1.29 is 9.90 Å². The second-order valence-corrected chi connectivity index (χ2v) is 5.75. The van der Waals surface area contributed by atoms with Crippen LogP contribution in [0.4, 0.5) is 0 Å². The van der Waals surface area contributed by atoms with Gasteiger partial charge >= 0.3 is 5.97 Å². The van der Waals surface area contributed by atoms with E-state index in [2.05, 4.69) is 15.2 Å². The smallest absolute Gasteiger partial charge is 0.338 e. The molecule has 1 N–H and O–H groups in total. The highest BCUT2D eigenvalue weighted by molar-refractivity contribution is 7.12. The minimum Gasteiger partial charge on any atom is -0.478 e. The quantitative estimate of drug-likeness (QED) is 0.790. The lowest BCUT2D eigenvalue weighted by molar-refractivity contribution is 0.0697. The maximum absolute atomic E-state index is 11.8. The van der Waals surface area contributed by atoms with Crippen LogP contribution in [0.2, 0.25) is 0 Å². The number of carboxylic acid groups (broad SMARTS) is 1. The van der Waals surface area contributed by atoms with Crippen LogP contribution < -0.4 is 0 Å². The summed E-state index contributed by atoms with van der Waals surface area (Å²) in [4.78, 5) is 15.8. The highest BCUT2D eigenvalue weighted by atomic mass is 32.1. The Balaban J connectivity index is 2.34. The number of nitrogens with zero attached hydrogens (tertiary/aromatic N) is 4. The van der Waals surface area contributed by atoms with E-state index in [1.165, 1.54) is 11.3 Å². The molecule has 7 heteroatoms. The molecule has 3 aromatic heterocycles. The van der Waals surface area contributed by atoms with E-state index < -0.39 is 5.97 Å². The average molecular weight is 338 g/mol. The van der Waals surface area contributed by atoms with Crippen molar-refractivity contribution in [3.63, 3.8) is 0 Å². The summed E-state index contributed by atoms with van der Waals surface area (Å²) in [5, 5.41) is 20.3. The highest BCUT2D eigenvalue weighted by Gasteiger charge is 2.18. The van der Waals surface area contributed by atoms with E-state index in [1.807, 2.05) is 29.6 Å². The van der Waals surface area contributed by atoms with Crippen molar-refractivity contribution in [2.75, 3.05) is 0 Å². The summed E-state index contributed by atoms with van der Waals surface area (Å²) in [6.07, 6.45) is 3.33. The molecule has 0 atom stereocenters. The zero-order chi connectivity index (χ0) is 16.9. The van der Waals surface area contributed by atoms with Gasteiger partial charge in [-0.3, -0.25) is 9.55 Å². The molecule has 0 aliphatic carbocycles. The van der Waals surface area contributed by atoms with Crippen LogP contribution >= 0.6 is 11.3 Å². The van der Waals surface area contributed by atoms with Gasteiger partial charge in [0.05, 0.1) is 5.56 Å². The fraction of sp³-hybridized carbons (Fsp3) is 0.0588. The first kappa shape index (κ1) is 15.8. The Kier molecular flexibility index (Phi) is 4.62. The molecule has 3 heterocycles. The fourth-order valence-electron chi connectivity index (χ4n) is 2.19. The molecule has 6 nitrogen and oxygen atoms in total. The predicted molar refractivity (Wildman–Crippen MR) is 91.8 cm³/mol. The Hall–Kier alpha value is -3.06. The second kappa shape index (κ2) is 7.01. The van der Waals surface area contributed by atoms with Gasteiger partial charge in [0.2, 0.25) is 0 Å². The summed E-state index contributed by atoms with van der Waals surface area (Å²) in [6, 6.07) is 12.4. The molecule has 0 amide bonds. The highest BCUT2D eigenvalue weighted by Crippen LogP contribution is 2.26. The zero-order valence-electron chi connectivity index (χ0n) is 12.8. The van der Waals surface area contributed by atoms with Crippen LogP contribution in [0.5, 0.6) is 0 Å². The van der Waals surface area contributed by atoms with Gasteiger partial charge in [0.15, 0.2) is 5.82 Å². The maximum atomic E-state index is 11.8. The lowest BCUT2D eigenvalue weighted by Crippen LogP contribution is -2.06. The summed E-state index contributed by atoms with van der Waals surface area (Å²) in [7, 11) is 0. The van der Waals surface area contributed by atoms with E-state index in [0.717, 1.165) is 5.56 Å². The van der Waals surface area contributed by atoms with Gasteiger partial charge in [-0.25, -0.2) is 4.79 Å². The monoisotopic (exact) mass is 338 g/mol. The van der Waals surface area contributed by atoms with Crippen LogP contribution in [0.3, 0.4) is 0 Å². The number of carbonyl (C=O) groups is 1. The number of aromatic nitrogens is 4. The predicted octanol–water partition coefficient (Wildman–Crippen LogP) is 3.52. The van der Waals surface area contributed by atoms with Crippen molar-refractivity contribution in [2.45, 2.75) is 6.92 Å². The van der Waals surface area contributed by atoms with Gasteiger partial charge in [-0.15, -0.1) is 21.5 Å². The topological polar surface area (TPSA) is 80.9 Å². The molecule has 0 radical (unpaired) electrons. The van der Waals surface area contributed by atoms with Crippen LogP contribution in [-0.4, -0.2) is 30.8 Å². The SMILES string of the molecule is Cc1nnc(-c2ccncc2)n1-c1sccccccc1C(=O)O. The van der Waals surface area contributed by atoms with Gasteiger partial charge < -0.3 is 5.11 Å². The Labute approximate surface area is 142 Å². The zero-order valence-corrected chi connectivity index (χ0v) is 13.6. The Bertz CT molecular complexity index is 917. The number of hydrogen-bond acceptors (Lipinski definition) is 5. The van der Waals surface area contributed by atoms with E-state index >= 15 is 0 Å². The number of aryl methyl sites for hydroxylation is 1. The molecule has 120 valence electrons. The molecule has 0 bridgehead atoms. The standard InChI is InChI=1S/C17H14N4O2S/c1-12-19-20-15(13-7-9-18-10-8-13)21(12)16-14(17(22)23)6-4-2-3-5-11-24-16/h2-11H,1H3,(H,22,23). The average Bonchev–Trinajstić information content (AvgIpc) is 3.01. The molecule has 24 heavy (non-hydrogen) atoms. The fourth-order valence-corrected chi connectivity index (χ4v) is 3.10. The van der Waals surface area contributed by atoms with E-state index in [-0.39, 0.29) is 5.56 Å². The summed E-state index contributed by atoms with van der Waals surface area (Å²) in [6.45, 7) is 1.79. The van der Waals surface area contributed by atoms with Crippen molar-refractivity contribution in [3.05, 3.63) is 71.6 Å². The van der Waals surface area contributed by atoms with Crippen LogP contribution in [0, 0.1) is 6.92 Å². The third-order valence-corrected chi connectivity index (χ3v) is 4.20. The van der Waals surface area contributed by atoms with Crippen molar-refractivity contribution in [2.24, 2.45) is 0 Å². The van der Waals surface area contributed by atoms with E-state index in [0.29, 0.717) is 16.6 Å². The lowest BCUT2D eigenvalue weighted by Gasteiger charge is -2.09. The Morgan fingerprint density at radius 2 is 1.83 bits per heavy atom. The van der Waals surface area contributed by atoms with E-state index in [1.54, 1.807) is 42.1 Å². The van der Waals surface area contributed by atoms with Crippen molar-refractivity contribution >= 4 is 17.3 Å². The number of carboxylic acids is 1. The van der Waals surface area contributed by atoms with Crippen molar-refractivity contribution in [1.29, 1.82) is 0 Å². The molecular weight excluding hydrogens is 324 g/mol. The first-order valence-corrected chi connectivity index (χ1v) is 8.03. The molecule has 0 aliphatic rings. The molecule has 3 rings (SSSR count). The van der Waals surface area contributed by atoms with E-state index in [4.69, 9.17) is 0 Å². The number of aromatic carboxylic acids is 1. The molecule has 0 saturated heterocycles. The third kappa shape index (κ3) is 3.16. The lowest BCUT2D eigenvalue weighted by atomic mass is 10.2. The minimum atomic E-state index is -1.01. The van der Waals surface area contributed by atoms with E-state index in [9.17, 15) is 9.90 Å². The summed E-state index contributed by atoms with van der Waals surface area (Å²) < 4.78 is 1.75. The largest absolute Gasteiger partial charge is 0.478 e. The Morgan fingerprint density at radius 3 is 2.58 bits per heavy atom. The minimum absolute atomic E-state index is 0.175. The van der Waals surface area contributed by atoms with Gasteiger partial charge in [0.1, 0.15) is 10.8 Å². The van der Waals surface area contributed by atoms with Crippen LogP contribution in [0.15, 0.2) is 60.2 Å². The van der Waals surface area contributed by atoms with Crippen LogP contribution in [-0.2, 0) is 0 Å². The van der Waals surface area contributed by atoms with Crippen LogP contribution in [0.1, 0.15) is 16.2 Å².